The predicted molar refractivity (Wildman–Crippen MR) is 89.4 cm³/mol. The number of carbonyl (C=O) groups is 2. The number of hydrogen-bond acceptors (Lipinski definition) is 3. The van der Waals surface area contributed by atoms with Gasteiger partial charge in [0.15, 0.2) is 11.7 Å². The summed E-state index contributed by atoms with van der Waals surface area (Å²) in [6.45, 7) is 1.89. The Labute approximate surface area is 135 Å². The topological polar surface area (TPSA) is 70.0 Å². The van der Waals surface area contributed by atoms with Gasteiger partial charge in [0.25, 0.3) is 0 Å². The van der Waals surface area contributed by atoms with Gasteiger partial charge in [-0.2, -0.15) is 5.26 Å². The smallest absolute Gasteiger partial charge is 0.249 e. The van der Waals surface area contributed by atoms with Crippen molar-refractivity contribution in [3.63, 3.8) is 0 Å². The van der Waals surface area contributed by atoms with E-state index < -0.39 is 17.6 Å². The second kappa shape index (κ2) is 7.71. The lowest BCUT2D eigenvalue weighted by Gasteiger charge is -2.08. The minimum absolute atomic E-state index is 0.540. The van der Waals surface area contributed by atoms with Gasteiger partial charge in [0, 0.05) is 5.69 Å². The van der Waals surface area contributed by atoms with E-state index in [-0.39, 0.29) is 0 Å². The summed E-state index contributed by atoms with van der Waals surface area (Å²) in [5.74, 6) is -2.53. The van der Waals surface area contributed by atoms with E-state index in [9.17, 15) is 9.59 Å². The van der Waals surface area contributed by atoms with Gasteiger partial charge >= 0.3 is 0 Å². The number of allylic oxidation sites excluding steroid dienone is 1. The highest BCUT2D eigenvalue weighted by atomic mass is 16.2. The highest BCUT2D eigenvalue weighted by molar-refractivity contribution is 6.14. The Morgan fingerprint density at radius 3 is 2.52 bits per heavy atom. The number of amides is 1. The maximum Gasteiger partial charge on any atom is 0.249 e. The van der Waals surface area contributed by atoms with Crippen LogP contribution in [0.15, 0.2) is 60.7 Å². The number of benzene rings is 2. The van der Waals surface area contributed by atoms with Crippen LogP contribution in [0.2, 0.25) is 0 Å². The van der Waals surface area contributed by atoms with Crippen LogP contribution in [0.5, 0.6) is 0 Å². The molecule has 114 valence electrons. The van der Waals surface area contributed by atoms with Crippen LogP contribution in [0.3, 0.4) is 0 Å². The van der Waals surface area contributed by atoms with Crippen molar-refractivity contribution in [2.24, 2.45) is 5.92 Å². The van der Waals surface area contributed by atoms with Gasteiger partial charge in [0.2, 0.25) is 5.91 Å². The fourth-order valence-electron chi connectivity index (χ4n) is 2.03. The minimum Gasteiger partial charge on any atom is -0.325 e. The average Bonchev–Trinajstić information content (AvgIpc) is 2.54. The molecule has 2 aromatic rings. The minimum atomic E-state index is -1.37. The molecule has 0 heterocycles. The van der Waals surface area contributed by atoms with Crippen molar-refractivity contribution in [2.45, 2.75) is 6.92 Å². The second-order valence-electron chi connectivity index (χ2n) is 5.07. The number of nitriles is 1. The molecule has 1 atom stereocenters. The summed E-state index contributed by atoms with van der Waals surface area (Å²) in [4.78, 5) is 24.2. The number of nitrogens with one attached hydrogen (secondary N) is 1. The van der Waals surface area contributed by atoms with Gasteiger partial charge < -0.3 is 5.32 Å². The molecule has 0 spiro atoms. The molecule has 0 bridgehead atoms. The zero-order chi connectivity index (χ0) is 16.7. The summed E-state index contributed by atoms with van der Waals surface area (Å²) in [6.07, 6.45) is 2.85. The van der Waals surface area contributed by atoms with Crippen LogP contribution in [0.25, 0.3) is 6.08 Å². The van der Waals surface area contributed by atoms with Crippen LogP contribution in [0.1, 0.15) is 11.1 Å². The third-order valence-electron chi connectivity index (χ3n) is 3.20. The summed E-state index contributed by atoms with van der Waals surface area (Å²) >= 11 is 0. The van der Waals surface area contributed by atoms with Crippen LogP contribution >= 0.6 is 0 Å². The molecule has 0 saturated heterocycles. The Morgan fingerprint density at radius 2 is 1.87 bits per heavy atom. The molecule has 4 heteroatoms. The Morgan fingerprint density at radius 1 is 1.13 bits per heavy atom. The van der Waals surface area contributed by atoms with Gasteiger partial charge in [0.05, 0.1) is 6.07 Å². The molecule has 2 rings (SSSR count). The number of anilines is 1. The first-order valence-corrected chi connectivity index (χ1v) is 7.14. The Balaban J connectivity index is 2.06. The molecule has 1 unspecified atom stereocenters. The molecule has 0 aliphatic rings. The number of aryl methyl sites for hydroxylation is 1. The number of ketones is 1. The average molecular weight is 304 g/mol. The Kier molecular flexibility index (Phi) is 5.43. The van der Waals surface area contributed by atoms with Gasteiger partial charge in [-0.25, -0.2) is 0 Å². The third-order valence-corrected chi connectivity index (χ3v) is 3.20. The van der Waals surface area contributed by atoms with Crippen LogP contribution in [0.4, 0.5) is 5.69 Å². The van der Waals surface area contributed by atoms with Crippen molar-refractivity contribution in [1.82, 2.24) is 0 Å². The predicted octanol–water partition coefficient (Wildman–Crippen LogP) is 3.36. The van der Waals surface area contributed by atoms with Crippen molar-refractivity contribution >= 4 is 23.5 Å². The highest BCUT2D eigenvalue weighted by Gasteiger charge is 2.24. The molecule has 0 aliphatic carbocycles. The second-order valence-corrected chi connectivity index (χ2v) is 5.07. The molecule has 2 aromatic carbocycles. The third kappa shape index (κ3) is 4.65. The molecule has 0 aromatic heterocycles. The van der Waals surface area contributed by atoms with Crippen LogP contribution < -0.4 is 5.32 Å². The van der Waals surface area contributed by atoms with Gasteiger partial charge in [-0.3, -0.25) is 9.59 Å². The van der Waals surface area contributed by atoms with Crippen molar-refractivity contribution in [3.8, 4) is 6.07 Å². The molecule has 0 aliphatic heterocycles. The fraction of sp³-hybridized carbons (Fsp3) is 0.105. The van der Waals surface area contributed by atoms with Gasteiger partial charge in [-0.1, -0.05) is 48.5 Å². The molecule has 1 amide bonds. The van der Waals surface area contributed by atoms with E-state index in [2.05, 4.69) is 5.32 Å². The van der Waals surface area contributed by atoms with E-state index >= 15 is 0 Å². The standard InChI is InChI=1S/C19H16N2O2/c1-14-6-5-9-16(12-14)21-19(23)17(13-20)18(22)11-10-15-7-3-2-4-8-15/h2-12,17H,1H3,(H,21,23). The molecule has 1 N–H and O–H groups in total. The molecule has 0 radical (unpaired) electrons. The van der Waals surface area contributed by atoms with E-state index in [0.717, 1.165) is 11.1 Å². The van der Waals surface area contributed by atoms with Gasteiger partial charge in [-0.05, 0) is 36.3 Å². The zero-order valence-electron chi connectivity index (χ0n) is 12.7. The van der Waals surface area contributed by atoms with Crippen LogP contribution in [0, 0.1) is 24.2 Å². The Hall–Kier alpha value is -3.19. The quantitative estimate of drug-likeness (QED) is 0.680. The monoisotopic (exact) mass is 304 g/mol. The largest absolute Gasteiger partial charge is 0.325 e. The number of nitrogens with zero attached hydrogens (tertiary/aromatic N) is 1. The zero-order valence-corrected chi connectivity index (χ0v) is 12.7. The number of carbonyl (C=O) groups excluding carboxylic acids is 2. The first-order valence-electron chi connectivity index (χ1n) is 7.14. The molecule has 0 fully saturated rings. The highest BCUT2D eigenvalue weighted by Crippen LogP contribution is 2.12. The summed E-state index contributed by atoms with van der Waals surface area (Å²) in [5.41, 5.74) is 2.37. The lowest BCUT2D eigenvalue weighted by atomic mass is 10.0. The van der Waals surface area contributed by atoms with Crippen LogP contribution in [-0.2, 0) is 9.59 Å². The van der Waals surface area contributed by atoms with E-state index in [1.807, 2.05) is 43.3 Å². The fourth-order valence-corrected chi connectivity index (χ4v) is 2.03. The lowest BCUT2D eigenvalue weighted by molar-refractivity contribution is -0.126. The van der Waals surface area contributed by atoms with Crippen LogP contribution in [-0.4, -0.2) is 11.7 Å². The SMILES string of the molecule is Cc1cccc(NC(=O)C(C#N)C(=O)C=Cc2ccccc2)c1. The summed E-state index contributed by atoms with van der Waals surface area (Å²) in [5, 5.41) is 11.7. The summed E-state index contributed by atoms with van der Waals surface area (Å²) < 4.78 is 0. The number of rotatable bonds is 5. The van der Waals surface area contributed by atoms with Crippen molar-refractivity contribution < 1.29 is 9.59 Å². The first-order chi connectivity index (χ1) is 11.1. The van der Waals surface area contributed by atoms with E-state index in [0.29, 0.717) is 5.69 Å². The maximum absolute atomic E-state index is 12.1. The lowest BCUT2D eigenvalue weighted by Crippen LogP contribution is -2.27. The first kappa shape index (κ1) is 16.2. The maximum atomic E-state index is 12.1. The molecular weight excluding hydrogens is 288 g/mol. The van der Waals surface area contributed by atoms with Crippen molar-refractivity contribution in [1.29, 1.82) is 5.26 Å². The Bertz CT molecular complexity index is 773. The van der Waals surface area contributed by atoms with Crippen molar-refractivity contribution in [2.75, 3.05) is 5.32 Å². The molecule has 0 saturated carbocycles. The summed E-state index contributed by atoms with van der Waals surface area (Å²) in [7, 11) is 0. The van der Waals surface area contributed by atoms with Gasteiger partial charge in [0.1, 0.15) is 0 Å². The number of hydrogen-bond donors (Lipinski definition) is 1. The molecule has 23 heavy (non-hydrogen) atoms. The van der Waals surface area contributed by atoms with Gasteiger partial charge in [-0.15, -0.1) is 0 Å². The van der Waals surface area contributed by atoms with E-state index in [1.165, 1.54) is 6.08 Å². The van der Waals surface area contributed by atoms with E-state index in [4.69, 9.17) is 5.26 Å². The summed E-state index contributed by atoms with van der Waals surface area (Å²) in [6, 6.07) is 18.2. The molecule has 4 nitrogen and oxygen atoms in total. The van der Waals surface area contributed by atoms with E-state index in [1.54, 1.807) is 30.3 Å². The van der Waals surface area contributed by atoms with Crippen molar-refractivity contribution in [3.05, 3.63) is 71.8 Å². The molecular formula is C19H16N2O2. The normalized spacial score (nSPS) is 11.7.